The maximum absolute atomic E-state index is 12.7. The van der Waals surface area contributed by atoms with Crippen LogP contribution in [0.4, 0.5) is 0 Å². The number of esters is 1. The minimum Gasteiger partial charge on any atom is -0.497 e. The summed E-state index contributed by atoms with van der Waals surface area (Å²) in [5, 5.41) is 0. The van der Waals surface area contributed by atoms with E-state index < -0.39 is 0 Å². The fourth-order valence-electron chi connectivity index (χ4n) is 4.25. The van der Waals surface area contributed by atoms with Crippen molar-refractivity contribution in [2.24, 2.45) is 5.92 Å². The highest BCUT2D eigenvalue weighted by atomic mass is 16.5. The quantitative estimate of drug-likeness (QED) is 0.369. The molecule has 0 saturated heterocycles. The second-order valence-corrected chi connectivity index (χ2v) is 7.84. The van der Waals surface area contributed by atoms with E-state index in [9.17, 15) is 4.79 Å². The molecular weight excluding hydrogens is 372 g/mol. The lowest BCUT2D eigenvalue weighted by molar-refractivity contribution is -0.138. The summed E-state index contributed by atoms with van der Waals surface area (Å²) in [5.74, 6) is 0.739. The van der Waals surface area contributed by atoms with Gasteiger partial charge in [-0.15, -0.1) is 0 Å². The Balaban J connectivity index is 2.10. The van der Waals surface area contributed by atoms with Crippen molar-refractivity contribution < 1.29 is 14.3 Å². The molecule has 1 aliphatic rings. The van der Waals surface area contributed by atoms with E-state index in [1.165, 1.54) is 32.1 Å². The molecule has 3 heteroatoms. The molecule has 30 heavy (non-hydrogen) atoms. The van der Waals surface area contributed by atoms with E-state index in [0.29, 0.717) is 18.1 Å². The van der Waals surface area contributed by atoms with E-state index in [1.807, 2.05) is 37.3 Å². The predicted octanol–water partition coefficient (Wildman–Crippen LogP) is 6.56. The predicted molar refractivity (Wildman–Crippen MR) is 123 cm³/mol. The Hall–Kier alpha value is -2.81. The molecule has 1 unspecified atom stereocenters. The minimum atomic E-state index is -0.339. The van der Waals surface area contributed by atoms with Crippen LogP contribution in [-0.2, 0) is 9.53 Å². The van der Waals surface area contributed by atoms with Gasteiger partial charge in [0.05, 0.1) is 13.7 Å². The summed E-state index contributed by atoms with van der Waals surface area (Å²) in [6, 6.07) is 18.2. The largest absolute Gasteiger partial charge is 0.497 e. The Bertz CT molecular complexity index is 859. The molecule has 0 aliphatic heterocycles. The van der Waals surface area contributed by atoms with Crippen LogP contribution in [0.3, 0.4) is 0 Å². The van der Waals surface area contributed by atoms with Gasteiger partial charge in [0.15, 0.2) is 0 Å². The Labute approximate surface area is 180 Å². The third-order valence-corrected chi connectivity index (χ3v) is 5.82. The number of hydrogen-bond donors (Lipinski definition) is 0. The van der Waals surface area contributed by atoms with Gasteiger partial charge in [0.2, 0.25) is 0 Å². The third-order valence-electron chi connectivity index (χ3n) is 5.82. The van der Waals surface area contributed by atoms with Crippen molar-refractivity contribution in [3.05, 3.63) is 84.0 Å². The van der Waals surface area contributed by atoms with Crippen LogP contribution < -0.4 is 4.74 Å². The van der Waals surface area contributed by atoms with Crippen LogP contribution in [-0.4, -0.2) is 19.7 Å². The van der Waals surface area contributed by atoms with E-state index in [-0.39, 0.29) is 11.9 Å². The molecule has 2 aromatic carbocycles. The minimum absolute atomic E-state index is 0.249. The van der Waals surface area contributed by atoms with Crippen LogP contribution in [0, 0.1) is 5.92 Å². The zero-order valence-corrected chi connectivity index (χ0v) is 18.1. The van der Waals surface area contributed by atoms with Crippen molar-refractivity contribution in [1.82, 2.24) is 0 Å². The maximum Gasteiger partial charge on any atom is 0.334 e. The Morgan fingerprint density at radius 2 is 1.73 bits per heavy atom. The van der Waals surface area contributed by atoms with Gasteiger partial charge < -0.3 is 9.47 Å². The second kappa shape index (κ2) is 10.8. The molecule has 0 N–H and O–H groups in total. The SMILES string of the molecule is C=C(C(=O)OCC)C(/C(=C/C1CCCCC1)c1ccc(OC)cc1)c1ccccc1. The number of benzene rings is 2. The lowest BCUT2D eigenvalue weighted by Crippen LogP contribution is -2.16. The highest BCUT2D eigenvalue weighted by Crippen LogP contribution is 2.40. The standard InChI is InChI=1S/C27H32O3/c1-4-30-27(28)20(2)26(23-13-9-6-10-14-23)25(19-21-11-7-5-8-12-21)22-15-17-24(29-3)18-16-22/h6,9-10,13-19,21,26H,2,4-5,7-8,11-12H2,1,3H3/b25-19+. The topological polar surface area (TPSA) is 35.5 Å². The highest BCUT2D eigenvalue weighted by molar-refractivity contribution is 5.94. The summed E-state index contributed by atoms with van der Waals surface area (Å²) in [5.41, 5.74) is 3.73. The van der Waals surface area contributed by atoms with Crippen molar-refractivity contribution in [3.63, 3.8) is 0 Å². The fourth-order valence-corrected chi connectivity index (χ4v) is 4.25. The van der Waals surface area contributed by atoms with Gasteiger partial charge in [-0.2, -0.15) is 0 Å². The second-order valence-electron chi connectivity index (χ2n) is 7.84. The van der Waals surface area contributed by atoms with Crippen molar-refractivity contribution in [2.75, 3.05) is 13.7 Å². The summed E-state index contributed by atoms with van der Waals surface area (Å²) in [4.78, 5) is 12.7. The molecule has 0 amide bonds. The first-order valence-electron chi connectivity index (χ1n) is 10.9. The Kier molecular flexibility index (Phi) is 7.89. The van der Waals surface area contributed by atoms with Gasteiger partial charge >= 0.3 is 5.97 Å². The molecule has 0 aromatic heterocycles. The van der Waals surface area contributed by atoms with Gasteiger partial charge in [0.1, 0.15) is 5.75 Å². The van der Waals surface area contributed by atoms with E-state index in [4.69, 9.17) is 9.47 Å². The zero-order chi connectivity index (χ0) is 21.3. The van der Waals surface area contributed by atoms with Crippen LogP contribution in [0.25, 0.3) is 5.57 Å². The van der Waals surface area contributed by atoms with Crippen molar-refractivity contribution in [2.45, 2.75) is 44.9 Å². The Morgan fingerprint density at radius 3 is 2.33 bits per heavy atom. The van der Waals surface area contributed by atoms with Gasteiger partial charge in [0, 0.05) is 11.5 Å². The monoisotopic (exact) mass is 404 g/mol. The Morgan fingerprint density at radius 1 is 1.07 bits per heavy atom. The number of carbonyl (C=O) groups is 1. The van der Waals surface area contributed by atoms with Crippen molar-refractivity contribution in [1.29, 1.82) is 0 Å². The van der Waals surface area contributed by atoms with Crippen molar-refractivity contribution >= 4 is 11.5 Å². The van der Waals surface area contributed by atoms with Crippen LogP contribution in [0.15, 0.2) is 72.8 Å². The molecule has 2 aromatic rings. The summed E-state index contributed by atoms with van der Waals surface area (Å²) in [7, 11) is 1.67. The molecule has 1 atom stereocenters. The van der Waals surface area contributed by atoms with Gasteiger partial charge in [-0.3, -0.25) is 0 Å². The lowest BCUT2D eigenvalue weighted by Gasteiger charge is -2.26. The van der Waals surface area contributed by atoms with Gasteiger partial charge in [-0.1, -0.05) is 74.4 Å². The van der Waals surface area contributed by atoms with Gasteiger partial charge in [-0.25, -0.2) is 4.79 Å². The van der Waals surface area contributed by atoms with Crippen molar-refractivity contribution in [3.8, 4) is 5.75 Å². The first-order valence-corrected chi connectivity index (χ1v) is 10.9. The smallest absolute Gasteiger partial charge is 0.334 e. The molecule has 3 rings (SSSR count). The molecule has 1 aliphatic carbocycles. The van der Waals surface area contributed by atoms with E-state index in [0.717, 1.165) is 22.4 Å². The van der Waals surface area contributed by atoms with E-state index in [1.54, 1.807) is 7.11 Å². The van der Waals surface area contributed by atoms with E-state index in [2.05, 4.69) is 36.9 Å². The molecule has 158 valence electrons. The number of hydrogen-bond acceptors (Lipinski definition) is 3. The molecule has 1 fully saturated rings. The number of ether oxygens (including phenoxy) is 2. The number of rotatable bonds is 8. The average molecular weight is 405 g/mol. The third kappa shape index (κ3) is 5.41. The fraction of sp³-hybridized carbons (Fsp3) is 0.370. The first kappa shape index (κ1) is 21.9. The highest BCUT2D eigenvalue weighted by Gasteiger charge is 2.28. The molecule has 0 spiro atoms. The number of carbonyl (C=O) groups excluding carboxylic acids is 1. The molecule has 1 saturated carbocycles. The number of allylic oxidation sites excluding steroid dienone is 2. The molecule has 0 radical (unpaired) electrons. The summed E-state index contributed by atoms with van der Waals surface area (Å²) < 4.78 is 10.7. The summed E-state index contributed by atoms with van der Waals surface area (Å²) in [6.07, 6.45) is 8.57. The van der Waals surface area contributed by atoms with Crippen LogP contribution in [0.2, 0.25) is 0 Å². The van der Waals surface area contributed by atoms with Crippen LogP contribution in [0.5, 0.6) is 5.75 Å². The van der Waals surface area contributed by atoms with Crippen LogP contribution >= 0.6 is 0 Å². The maximum atomic E-state index is 12.7. The van der Waals surface area contributed by atoms with Gasteiger partial charge in [-0.05, 0) is 54.5 Å². The average Bonchev–Trinajstić information content (AvgIpc) is 2.80. The normalized spacial score (nSPS) is 16.0. The molecule has 3 nitrogen and oxygen atoms in total. The number of methoxy groups -OCH3 is 1. The molecular formula is C27H32O3. The summed E-state index contributed by atoms with van der Waals surface area (Å²) in [6.45, 7) is 6.34. The first-order chi connectivity index (χ1) is 14.6. The van der Waals surface area contributed by atoms with E-state index >= 15 is 0 Å². The molecule has 0 bridgehead atoms. The lowest BCUT2D eigenvalue weighted by atomic mass is 9.78. The molecule has 0 heterocycles. The zero-order valence-electron chi connectivity index (χ0n) is 18.1. The summed E-state index contributed by atoms with van der Waals surface area (Å²) >= 11 is 0. The van der Waals surface area contributed by atoms with Crippen LogP contribution in [0.1, 0.15) is 56.1 Å². The van der Waals surface area contributed by atoms with Gasteiger partial charge in [0.25, 0.3) is 0 Å².